The van der Waals surface area contributed by atoms with E-state index in [-0.39, 0.29) is 5.57 Å². The van der Waals surface area contributed by atoms with Crippen molar-refractivity contribution in [1.82, 2.24) is 0 Å². The SMILES string of the molecule is C=C(CC(=O)O)C(=O)OO.CCCC. The number of carbonyl (C=O) groups excluding carboxylic acids is 1. The molecule has 0 aromatic heterocycles. The molecule has 0 radical (unpaired) electrons. The van der Waals surface area contributed by atoms with E-state index in [1.54, 1.807) is 0 Å². The number of carboxylic acids is 1. The molecule has 0 amide bonds. The van der Waals surface area contributed by atoms with E-state index in [2.05, 4.69) is 25.3 Å². The molecule has 2 N–H and O–H groups in total. The third kappa shape index (κ3) is 10.6. The Balaban J connectivity index is 0. The molecule has 0 aliphatic heterocycles. The van der Waals surface area contributed by atoms with Crippen molar-refractivity contribution in [3.05, 3.63) is 12.2 Å². The zero-order chi connectivity index (χ0) is 11.6. The van der Waals surface area contributed by atoms with Crippen LogP contribution in [0.5, 0.6) is 0 Å². The molecule has 0 atom stereocenters. The fraction of sp³-hybridized carbons (Fsp3) is 0.556. The van der Waals surface area contributed by atoms with Crippen LogP contribution < -0.4 is 0 Å². The molecule has 0 aromatic carbocycles. The third-order valence-electron chi connectivity index (χ3n) is 1.24. The highest BCUT2D eigenvalue weighted by molar-refractivity contribution is 5.92. The van der Waals surface area contributed by atoms with Crippen LogP contribution in [0, 0.1) is 0 Å². The summed E-state index contributed by atoms with van der Waals surface area (Å²) in [5.74, 6) is -2.32. The molecular formula is C9H16O5. The van der Waals surface area contributed by atoms with Crippen molar-refractivity contribution in [2.24, 2.45) is 0 Å². The van der Waals surface area contributed by atoms with Gasteiger partial charge in [0.1, 0.15) is 0 Å². The monoisotopic (exact) mass is 204 g/mol. The van der Waals surface area contributed by atoms with E-state index in [0.29, 0.717) is 0 Å². The van der Waals surface area contributed by atoms with Gasteiger partial charge in [-0.3, -0.25) is 9.68 Å². The summed E-state index contributed by atoms with van der Waals surface area (Å²) in [6, 6.07) is 0. The van der Waals surface area contributed by atoms with E-state index in [1.165, 1.54) is 12.8 Å². The van der Waals surface area contributed by atoms with Gasteiger partial charge >= 0.3 is 11.9 Å². The maximum atomic E-state index is 10.2. The molecule has 0 heterocycles. The summed E-state index contributed by atoms with van der Waals surface area (Å²) in [5.41, 5.74) is -0.296. The first-order chi connectivity index (χ1) is 6.49. The summed E-state index contributed by atoms with van der Waals surface area (Å²) in [4.78, 5) is 23.3. The van der Waals surface area contributed by atoms with Gasteiger partial charge in [0.25, 0.3) is 0 Å². The number of rotatable bonds is 4. The third-order valence-corrected chi connectivity index (χ3v) is 1.24. The van der Waals surface area contributed by atoms with E-state index in [9.17, 15) is 9.59 Å². The standard InChI is InChI=1S/C5H6O5.C4H10/c1-3(2-4(6)7)5(8)10-9;1-3-4-2/h9H,1-2H2,(H,6,7);3-4H2,1-2H3. The van der Waals surface area contributed by atoms with Gasteiger partial charge in [-0.25, -0.2) is 4.79 Å². The molecule has 0 saturated carbocycles. The first-order valence-corrected chi connectivity index (χ1v) is 4.24. The van der Waals surface area contributed by atoms with Gasteiger partial charge in [-0.05, 0) is 0 Å². The second-order valence-corrected chi connectivity index (χ2v) is 2.55. The lowest BCUT2D eigenvalue weighted by Gasteiger charge is -1.95. The lowest BCUT2D eigenvalue weighted by atomic mass is 10.2. The highest BCUT2D eigenvalue weighted by atomic mass is 17.1. The number of hydrogen-bond donors (Lipinski definition) is 2. The molecule has 0 fully saturated rings. The molecule has 0 unspecified atom stereocenters. The molecule has 0 saturated heterocycles. The number of hydrogen-bond acceptors (Lipinski definition) is 4. The fourth-order valence-corrected chi connectivity index (χ4v) is 0.319. The molecule has 0 bridgehead atoms. The maximum absolute atomic E-state index is 10.2. The smallest absolute Gasteiger partial charge is 0.368 e. The molecule has 0 rings (SSSR count). The summed E-state index contributed by atoms with van der Waals surface area (Å²) >= 11 is 0. The van der Waals surface area contributed by atoms with E-state index in [1.807, 2.05) is 0 Å². The topological polar surface area (TPSA) is 83.8 Å². The summed E-state index contributed by atoms with van der Waals surface area (Å²) in [7, 11) is 0. The zero-order valence-electron chi connectivity index (χ0n) is 8.45. The van der Waals surface area contributed by atoms with Crippen LogP contribution in [0.3, 0.4) is 0 Å². The Hall–Kier alpha value is -1.36. The largest absolute Gasteiger partial charge is 0.481 e. The minimum atomic E-state index is -1.20. The van der Waals surface area contributed by atoms with Gasteiger partial charge in [0, 0.05) is 5.57 Å². The summed E-state index contributed by atoms with van der Waals surface area (Å²) in [5, 5.41) is 15.8. The quantitative estimate of drug-likeness (QED) is 0.414. The van der Waals surface area contributed by atoms with Gasteiger partial charge in [-0.1, -0.05) is 33.3 Å². The van der Waals surface area contributed by atoms with Crippen LogP contribution in [0.25, 0.3) is 0 Å². The predicted molar refractivity (Wildman–Crippen MR) is 50.7 cm³/mol. The minimum absolute atomic E-state index is 0.296. The molecule has 5 nitrogen and oxygen atoms in total. The Morgan fingerprint density at radius 2 is 1.71 bits per heavy atom. The molecule has 0 aliphatic carbocycles. The number of unbranched alkanes of at least 4 members (excludes halogenated alkanes) is 1. The van der Waals surface area contributed by atoms with Crippen molar-refractivity contribution < 1.29 is 24.8 Å². The number of aliphatic carboxylic acids is 1. The molecule has 82 valence electrons. The molecule has 0 spiro atoms. The van der Waals surface area contributed by atoms with Crippen LogP contribution in [-0.4, -0.2) is 22.3 Å². The van der Waals surface area contributed by atoms with Crippen LogP contribution in [0.1, 0.15) is 33.1 Å². The first kappa shape index (κ1) is 15.1. The highest BCUT2D eigenvalue weighted by Gasteiger charge is 2.11. The van der Waals surface area contributed by atoms with Gasteiger partial charge in [0.05, 0.1) is 6.42 Å². The normalized spacial score (nSPS) is 8.21. The van der Waals surface area contributed by atoms with Crippen LogP contribution in [0.2, 0.25) is 0 Å². The average Bonchev–Trinajstić information content (AvgIpc) is 2.16. The van der Waals surface area contributed by atoms with Crippen molar-refractivity contribution in [1.29, 1.82) is 0 Å². The van der Waals surface area contributed by atoms with E-state index >= 15 is 0 Å². The lowest BCUT2D eigenvalue weighted by molar-refractivity contribution is -0.229. The van der Waals surface area contributed by atoms with Crippen LogP contribution in [0.4, 0.5) is 0 Å². The van der Waals surface area contributed by atoms with Crippen LogP contribution in [0.15, 0.2) is 12.2 Å². The Labute approximate surface area is 82.9 Å². The van der Waals surface area contributed by atoms with Crippen molar-refractivity contribution in [3.63, 3.8) is 0 Å². The van der Waals surface area contributed by atoms with Crippen molar-refractivity contribution in [3.8, 4) is 0 Å². The van der Waals surface area contributed by atoms with Crippen LogP contribution >= 0.6 is 0 Å². The fourth-order valence-electron chi connectivity index (χ4n) is 0.319. The second-order valence-electron chi connectivity index (χ2n) is 2.55. The minimum Gasteiger partial charge on any atom is -0.481 e. The molecule has 0 aromatic rings. The lowest BCUT2D eigenvalue weighted by Crippen LogP contribution is -2.08. The summed E-state index contributed by atoms with van der Waals surface area (Å²) < 4.78 is 0. The van der Waals surface area contributed by atoms with Gasteiger partial charge in [0.2, 0.25) is 0 Å². The highest BCUT2D eigenvalue weighted by Crippen LogP contribution is 1.98. The number of carbonyl (C=O) groups is 2. The van der Waals surface area contributed by atoms with Crippen LogP contribution in [-0.2, 0) is 14.5 Å². The first-order valence-electron chi connectivity index (χ1n) is 4.24. The van der Waals surface area contributed by atoms with Gasteiger partial charge in [-0.15, -0.1) is 0 Å². The van der Waals surface area contributed by atoms with Crippen molar-refractivity contribution >= 4 is 11.9 Å². The summed E-state index contributed by atoms with van der Waals surface area (Å²) in [6.07, 6.45) is 2.11. The van der Waals surface area contributed by atoms with Crippen molar-refractivity contribution in [2.45, 2.75) is 33.1 Å². The zero-order valence-corrected chi connectivity index (χ0v) is 8.45. The number of carboxylic acid groups (broad SMARTS) is 1. The molecule has 14 heavy (non-hydrogen) atoms. The predicted octanol–water partition coefficient (Wildman–Crippen LogP) is 1.84. The maximum Gasteiger partial charge on any atom is 0.368 e. The second kappa shape index (κ2) is 9.73. The Morgan fingerprint density at radius 3 is 1.93 bits per heavy atom. The van der Waals surface area contributed by atoms with E-state index in [0.717, 1.165) is 0 Å². The molecule has 0 aliphatic rings. The van der Waals surface area contributed by atoms with E-state index in [4.69, 9.17) is 10.4 Å². The van der Waals surface area contributed by atoms with Gasteiger partial charge < -0.3 is 5.11 Å². The Morgan fingerprint density at radius 1 is 1.29 bits per heavy atom. The van der Waals surface area contributed by atoms with Crippen molar-refractivity contribution in [2.75, 3.05) is 0 Å². The summed E-state index contributed by atoms with van der Waals surface area (Å²) in [6.45, 7) is 7.41. The average molecular weight is 204 g/mol. The van der Waals surface area contributed by atoms with Gasteiger partial charge in [-0.2, -0.15) is 5.26 Å². The Kier molecular flexibility index (Phi) is 10.5. The van der Waals surface area contributed by atoms with E-state index < -0.39 is 18.4 Å². The molecule has 5 heteroatoms. The molecular weight excluding hydrogens is 188 g/mol. The van der Waals surface area contributed by atoms with Gasteiger partial charge in [0.15, 0.2) is 0 Å². The Bertz CT molecular complexity index is 195.